The summed E-state index contributed by atoms with van der Waals surface area (Å²) in [7, 11) is 0. The number of unbranched alkanes of at least 4 members (excludes halogenated alkanes) is 16. The first-order valence-electron chi connectivity index (χ1n) is 13.8. The van der Waals surface area contributed by atoms with Gasteiger partial charge in [-0.2, -0.15) is 0 Å². The van der Waals surface area contributed by atoms with Crippen LogP contribution in [0.2, 0.25) is 0 Å². The number of rotatable bonds is 25. The van der Waals surface area contributed by atoms with Crippen molar-refractivity contribution < 1.29 is 19.4 Å². The van der Waals surface area contributed by atoms with Gasteiger partial charge in [0.25, 0.3) is 0 Å². The lowest BCUT2D eigenvalue weighted by molar-refractivity contribution is -0.152. The van der Waals surface area contributed by atoms with Crippen LogP contribution in [0.15, 0.2) is 24.8 Å². The molecule has 0 heterocycles. The quantitative estimate of drug-likeness (QED) is 0.0832. The van der Waals surface area contributed by atoms with Gasteiger partial charge in [-0.1, -0.05) is 128 Å². The average Bonchev–Trinajstić information content (AvgIpc) is 2.80. The van der Waals surface area contributed by atoms with Crippen LogP contribution < -0.4 is 0 Å². The van der Waals surface area contributed by atoms with Crippen molar-refractivity contribution in [3.05, 3.63) is 24.8 Å². The molecule has 0 bridgehead atoms. The summed E-state index contributed by atoms with van der Waals surface area (Å²) >= 11 is 0. The van der Waals surface area contributed by atoms with Gasteiger partial charge in [0.15, 0.2) is 0 Å². The molecule has 0 aromatic carbocycles. The molecule has 0 saturated heterocycles. The number of hydrogen-bond donors (Lipinski definition) is 1. The molecule has 0 amide bonds. The van der Waals surface area contributed by atoms with E-state index in [2.05, 4.69) is 25.7 Å². The molecule has 0 aromatic rings. The second-order valence-electron chi connectivity index (χ2n) is 9.35. The molecule has 1 atom stereocenters. The maximum Gasteiger partial charge on any atom is 0.309 e. The first-order chi connectivity index (χ1) is 16.1. The Morgan fingerprint density at radius 3 is 1.67 bits per heavy atom. The van der Waals surface area contributed by atoms with Crippen LogP contribution in [0.25, 0.3) is 0 Å². The fourth-order valence-electron chi connectivity index (χ4n) is 4.12. The Balaban J connectivity index is 3.48. The monoisotopic (exact) mass is 464 g/mol. The van der Waals surface area contributed by atoms with Gasteiger partial charge >= 0.3 is 11.9 Å². The van der Waals surface area contributed by atoms with E-state index >= 15 is 0 Å². The summed E-state index contributed by atoms with van der Waals surface area (Å²) in [5.74, 6) is -1.99. The molecule has 1 N–H and O–H groups in total. The van der Waals surface area contributed by atoms with Gasteiger partial charge in [-0.15, -0.1) is 0 Å². The molecular formula is C29H52O4. The van der Waals surface area contributed by atoms with Crippen molar-refractivity contribution in [2.75, 3.05) is 6.61 Å². The molecule has 0 rings (SSSR count). The van der Waals surface area contributed by atoms with E-state index in [1.165, 1.54) is 109 Å². The Labute approximate surface area is 204 Å². The predicted octanol–water partition coefficient (Wildman–Crippen LogP) is 8.79. The highest BCUT2D eigenvalue weighted by Crippen LogP contribution is 2.16. The highest BCUT2D eigenvalue weighted by molar-refractivity contribution is 5.79. The lowest BCUT2D eigenvalue weighted by atomic mass is 9.99. The van der Waals surface area contributed by atoms with E-state index in [9.17, 15) is 9.59 Å². The molecule has 192 valence electrons. The fourth-order valence-corrected chi connectivity index (χ4v) is 4.12. The summed E-state index contributed by atoms with van der Waals surface area (Å²) in [5, 5.41) is 8.98. The van der Waals surface area contributed by atoms with Crippen molar-refractivity contribution in [1.29, 1.82) is 0 Å². The van der Waals surface area contributed by atoms with E-state index in [-0.39, 0.29) is 13.0 Å². The van der Waals surface area contributed by atoms with E-state index in [4.69, 9.17) is 9.84 Å². The number of carbonyl (C=O) groups is 2. The molecule has 1 unspecified atom stereocenters. The summed E-state index contributed by atoms with van der Waals surface area (Å²) in [6, 6.07) is 0. The standard InChI is InChI=1S/C29H52O4/c1-3-5-6-7-8-9-10-11-12-13-14-15-16-17-18-19-20-21-22-23-24-27(26-28(30)31)29(32)33-25-4-2/h4,21-22,27H,2-3,5-20,23-26H2,1H3,(H,30,31)/b22-21+. The van der Waals surface area contributed by atoms with Crippen LogP contribution in [-0.4, -0.2) is 23.7 Å². The van der Waals surface area contributed by atoms with Crippen LogP contribution in [-0.2, 0) is 14.3 Å². The molecule has 33 heavy (non-hydrogen) atoms. The molecule has 0 aromatic heterocycles. The van der Waals surface area contributed by atoms with E-state index in [1.54, 1.807) is 0 Å². The minimum atomic E-state index is -0.965. The van der Waals surface area contributed by atoms with Crippen molar-refractivity contribution in [2.45, 2.75) is 135 Å². The van der Waals surface area contributed by atoms with Gasteiger partial charge in [0, 0.05) is 0 Å². The van der Waals surface area contributed by atoms with Crippen molar-refractivity contribution in [1.82, 2.24) is 0 Å². The Kier molecular flexibility index (Phi) is 23.9. The van der Waals surface area contributed by atoms with Gasteiger partial charge in [-0.05, 0) is 25.7 Å². The summed E-state index contributed by atoms with van der Waals surface area (Å²) < 4.78 is 5.00. The van der Waals surface area contributed by atoms with Crippen LogP contribution >= 0.6 is 0 Å². The fraction of sp³-hybridized carbons (Fsp3) is 0.793. The number of carbonyl (C=O) groups excluding carboxylic acids is 1. The zero-order valence-corrected chi connectivity index (χ0v) is 21.5. The lowest BCUT2D eigenvalue weighted by Gasteiger charge is -2.12. The number of aliphatic carboxylic acids is 1. The van der Waals surface area contributed by atoms with Crippen LogP contribution in [0.3, 0.4) is 0 Å². The number of carboxylic acid groups (broad SMARTS) is 1. The molecule has 0 aliphatic heterocycles. The van der Waals surface area contributed by atoms with Crippen molar-refractivity contribution >= 4 is 11.9 Å². The topological polar surface area (TPSA) is 63.6 Å². The van der Waals surface area contributed by atoms with Gasteiger partial charge in [-0.3, -0.25) is 9.59 Å². The van der Waals surface area contributed by atoms with Crippen molar-refractivity contribution in [2.24, 2.45) is 5.92 Å². The largest absolute Gasteiger partial charge is 0.481 e. The van der Waals surface area contributed by atoms with Gasteiger partial charge in [0.2, 0.25) is 0 Å². The zero-order valence-electron chi connectivity index (χ0n) is 21.5. The van der Waals surface area contributed by atoms with Crippen LogP contribution in [0.4, 0.5) is 0 Å². The minimum absolute atomic E-state index is 0.129. The first-order valence-corrected chi connectivity index (χ1v) is 13.8. The number of hydrogen-bond acceptors (Lipinski definition) is 3. The summed E-state index contributed by atoms with van der Waals surface area (Å²) in [5.41, 5.74) is 0. The number of esters is 1. The van der Waals surface area contributed by atoms with Crippen molar-refractivity contribution in [3.63, 3.8) is 0 Å². The third kappa shape index (κ3) is 23.4. The summed E-state index contributed by atoms with van der Waals surface area (Å²) in [4.78, 5) is 22.9. The maximum atomic E-state index is 11.9. The van der Waals surface area contributed by atoms with Crippen LogP contribution in [0, 0.1) is 5.92 Å². The first kappa shape index (κ1) is 31.4. The Morgan fingerprint density at radius 2 is 1.21 bits per heavy atom. The van der Waals surface area contributed by atoms with Gasteiger partial charge in [0.05, 0.1) is 12.3 Å². The minimum Gasteiger partial charge on any atom is -0.481 e. The van der Waals surface area contributed by atoms with E-state index in [1.807, 2.05) is 0 Å². The zero-order chi connectivity index (χ0) is 24.4. The second-order valence-corrected chi connectivity index (χ2v) is 9.35. The van der Waals surface area contributed by atoms with Crippen LogP contribution in [0.1, 0.15) is 135 Å². The molecule has 4 nitrogen and oxygen atoms in total. The Bertz CT molecular complexity index is 498. The van der Waals surface area contributed by atoms with Crippen LogP contribution in [0.5, 0.6) is 0 Å². The molecule has 0 aliphatic carbocycles. The van der Waals surface area contributed by atoms with Gasteiger partial charge in [-0.25, -0.2) is 0 Å². The molecule has 0 aliphatic rings. The van der Waals surface area contributed by atoms with E-state index in [0.29, 0.717) is 12.8 Å². The smallest absolute Gasteiger partial charge is 0.309 e. The highest BCUT2D eigenvalue weighted by atomic mass is 16.5. The Morgan fingerprint density at radius 1 is 0.758 bits per heavy atom. The lowest BCUT2D eigenvalue weighted by Crippen LogP contribution is -2.21. The van der Waals surface area contributed by atoms with E-state index in [0.717, 1.165) is 6.42 Å². The molecule has 0 fully saturated rings. The predicted molar refractivity (Wildman–Crippen MR) is 139 cm³/mol. The maximum absolute atomic E-state index is 11.9. The molecule has 0 radical (unpaired) electrons. The highest BCUT2D eigenvalue weighted by Gasteiger charge is 2.22. The third-order valence-electron chi connectivity index (χ3n) is 6.17. The average molecular weight is 465 g/mol. The molecule has 0 saturated carbocycles. The second kappa shape index (κ2) is 25.1. The van der Waals surface area contributed by atoms with Crippen molar-refractivity contribution in [3.8, 4) is 0 Å². The molecule has 0 spiro atoms. The summed E-state index contributed by atoms with van der Waals surface area (Å²) in [6.45, 7) is 5.91. The molecule has 4 heteroatoms. The van der Waals surface area contributed by atoms with E-state index < -0.39 is 17.9 Å². The summed E-state index contributed by atoms with van der Waals surface area (Å²) in [6.07, 6.45) is 29.9. The Hall–Kier alpha value is -1.58. The third-order valence-corrected chi connectivity index (χ3v) is 6.17. The van der Waals surface area contributed by atoms with Gasteiger partial charge in [0.1, 0.15) is 6.61 Å². The normalized spacial score (nSPS) is 12.2. The van der Waals surface area contributed by atoms with Gasteiger partial charge < -0.3 is 9.84 Å². The SMILES string of the molecule is C=CCOC(=O)C(CC/C=C/CCCCCCCCCCCCCCCCCC)CC(=O)O. The molecular weight excluding hydrogens is 412 g/mol. The number of carboxylic acids is 1. The number of allylic oxidation sites excluding steroid dienone is 2. The number of ether oxygens (including phenoxy) is 1.